The maximum absolute atomic E-state index is 3.25. The average molecular weight is 934 g/mol. The molecule has 0 bridgehead atoms. The van der Waals surface area contributed by atoms with Crippen LogP contribution in [0.15, 0.2) is 258 Å². The van der Waals surface area contributed by atoms with E-state index < -0.39 is 8.07 Å². The molecule has 0 radical (unpaired) electrons. The predicted molar refractivity (Wildman–Crippen MR) is 257 cm³/mol. The third-order valence-electron chi connectivity index (χ3n) is 12.1. The van der Waals surface area contributed by atoms with E-state index in [1.807, 2.05) is 0 Å². The van der Waals surface area contributed by atoms with Gasteiger partial charge in [0.1, 0.15) is 0 Å². The second-order valence-corrected chi connectivity index (χ2v) is 20.6. The third-order valence-corrected chi connectivity index (χ3v) is 17.9. The van der Waals surface area contributed by atoms with E-state index in [1.54, 1.807) is 0 Å². The van der Waals surface area contributed by atoms with E-state index in [9.17, 15) is 0 Å². The summed E-state index contributed by atoms with van der Waals surface area (Å²) in [4.78, 5) is 0. The van der Waals surface area contributed by atoms with Crippen molar-refractivity contribution in [3.05, 3.63) is 258 Å². The molecule has 0 aliphatic heterocycles. The van der Waals surface area contributed by atoms with Crippen LogP contribution in [0.5, 0.6) is 0 Å². The second-order valence-electron chi connectivity index (χ2n) is 15.8. The van der Waals surface area contributed by atoms with E-state index in [4.69, 9.17) is 0 Å². The summed E-state index contributed by atoms with van der Waals surface area (Å²) >= 11 is 2.37. The molecule has 0 aromatic heterocycles. The molecule has 0 unspecified atom stereocenters. The van der Waals surface area contributed by atoms with Crippen LogP contribution in [0.25, 0.3) is 66.8 Å². The van der Waals surface area contributed by atoms with E-state index in [1.165, 1.54) is 91.4 Å². The number of hydrogen-bond acceptors (Lipinski definition) is 0. The first-order valence-electron chi connectivity index (χ1n) is 21.0. The van der Waals surface area contributed by atoms with Gasteiger partial charge in [0.2, 0.25) is 0 Å². The minimum atomic E-state index is -3.25. The molecule has 0 heterocycles. The second kappa shape index (κ2) is 20.8. The monoisotopic (exact) mass is 932 g/mol. The first-order chi connectivity index (χ1) is 30.1. The van der Waals surface area contributed by atoms with Gasteiger partial charge in [0.15, 0.2) is 0 Å². The van der Waals surface area contributed by atoms with Crippen LogP contribution in [-0.4, -0.2) is 8.07 Å². The standard InChI is InChI=1S/C59H43Si.3ClH.Ti/c1-7-21-44(22-8-1)50-35-51(45-23-9-2-10-24-45)39-57(38-50)60(56-33-19-20-34-56,58-40-52(46-25-11-3-12-26-46)36-53(41-58)47-27-13-4-14-28-47)59-42-54(48-29-15-5-16-30-48)37-55(43-59)49-31-17-6-18-32-49;;;;/h1-19,21-33,35-43H,20H2;3*1H;/q;;;;+3/p-3. The van der Waals surface area contributed by atoms with Crippen LogP contribution in [0.3, 0.4) is 0 Å². The van der Waals surface area contributed by atoms with Gasteiger partial charge in [-0.2, -0.15) is 0 Å². The number of hydrogen-bond donors (Lipinski definition) is 0. The van der Waals surface area contributed by atoms with Gasteiger partial charge in [0, 0.05) is 0 Å². The zero-order valence-corrected chi connectivity index (χ0v) is 39.8. The minimum absolute atomic E-state index is 0. The van der Waals surface area contributed by atoms with Gasteiger partial charge in [0.05, 0.1) is 0 Å². The van der Waals surface area contributed by atoms with Crippen molar-refractivity contribution >= 4 is 23.6 Å². The number of allylic oxidation sites excluding steroid dienone is 4. The number of benzene rings is 9. The number of rotatable bonds is 10. The van der Waals surface area contributed by atoms with Crippen molar-refractivity contribution in [3.8, 4) is 66.8 Å². The van der Waals surface area contributed by atoms with Crippen molar-refractivity contribution in [1.29, 1.82) is 0 Å². The number of halogens is 3. The molecular formula is C59H43Cl3SiTi. The van der Waals surface area contributed by atoms with E-state index in [-0.39, 0.29) is 37.2 Å². The van der Waals surface area contributed by atoms with Crippen LogP contribution in [0.2, 0.25) is 0 Å². The molecule has 5 heteroatoms. The van der Waals surface area contributed by atoms with Gasteiger partial charge in [-0.25, -0.2) is 0 Å². The summed E-state index contributed by atoms with van der Waals surface area (Å²) in [7, 11) is -3.25. The molecule has 10 rings (SSSR count). The fourth-order valence-corrected chi connectivity index (χ4v) is 15.4. The SMILES string of the molecule is [Cl-].[Cl-].[Cl-].[Ti+3][C]1=C([Si](c2cc(-c3ccccc3)cc(-c3ccccc3)c2)(c2cc(-c3ccccc3)cc(-c3ccccc3)c2)c2cc(-c3ccccc3)cc(-c3ccccc3)c2)C=CC1. The topological polar surface area (TPSA) is 0 Å². The average Bonchev–Trinajstić information content (AvgIpc) is 3.78. The van der Waals surface area contributed by atoms with Crippen molar-refractivity contribution < 1.29 is 57.7 Å². The van der Waals surface area contributed by atoms with E-state index in [2.05, 4.69) is 269 Å². The fourth-order valence-electron chi connectivity index (χ4n) is 9.14. The molecule has 9 aromatic carbocycles. The Labute approximate surface area is 409 Å². The molecule has 1 aliphatic rings. The Bertz CT molecular complexity index is 2550. The van der Waals surface area contributed by atoms with Crippen molar-refractivity contribution in [2.75, 3.05) is 0 Å². The molecule has 64 heavy (non-hydrogen) atoms. The summed E-state index contributed by atoms with van der Waals surface area (Å²) in [5, 5.41) is 5.54. The Morgan fingerprint density at radius 3 is 0.688 bits per heavy atom. The first-order valence-corrected chi connectivity index (χ1v) is 23.8. The van der Waals surface area contributed by atoms with Gasteiger partial charge in [-0.15, -0.1) is 0 Å². The van der Waals surface area contributed by atoms with E-state index >= 15 is 0 Å². The Morgan fingerprint density at radius 2 is 0.500 bits per heavy atom. The Morgan fingerprint density at radius 1 is 0.281 bits per heavy atom. The summed E-state index contributed by atoms with van der Waals surface area (Å²) in [5.74, 6) is 0. The Hall–Kier alpha value is -5.74. The first kappa shape index (κ1) is 46.3. The zero-order valence-electron chi connectivity index (χ0n) is 35.0. The van der Waals surface area contributed by atoms with Gasteiger partial charge >= 0.3 is 375 Å². The van der Waals surface area contributed by atoms with Gasteiger partial charge in [0.25, 0.3) is 0 Å². The summed E-state index contributed by atoms with van der Waals surface area (Å²) in [6.45, 7) is 0. The van der Waals surface area contributed by atoms with Crippen molar-refractivity contribution in [2.24, 2.45) is 0 Å². The Balaban J connectivity index is 0.00000204. The van der Waals surface area contributed by atoms with Gasteiger partial charge in [-0.05, 0) is 0 Å². The molecule has 0 saturated carbocycles. The molecule has 0 atom stereocenters. The predicted octanol–water partition coefficient (Wildman–Crippen LogP) is 4.47. The van der Waals surface area contributed by atoms with Crippen LogP contribution >= 0.6 is 0 Å². The normalized spacial score (nSPS) is 11.9. The molecular weight excluding hydrogens is 891 g/mol. The summed E-state index contributed by atoms with van der Waals surface area (Å²) in [6.07, 6.45) is 5.80. The van der Waals surface area contributed by atoms with Crippen molar-refractivity contribution in [3.63, 3.8) is 0 Å². The fraction of sp³-hybridized carbons (Fsp3) is 0.0169. The van der Waals surface area contributed by atoms with Crippen LogP contribution < -0.4 is 52.8 Å². The summed E-state index contributed by atoms with van der Waals surface area (Å²) in [5.41, 5.74) is 14.6. The van der Waals surface area contributed by atoms with Crippen molar-refractivity contribution in [1.82, 2.24) is 0 Å². The van der Waals surface area contributed by atoms with Gasteiger partial charge < -0.3 is 37.2 Å². The van der Waals surface area contributed by atoms with E-state index in [0.29, 0.717) is 0 Å². The van der Waals surface area contributed by atoms with Crippen LogP contribution in [0, 0.1) is 0 Å². The molecule has 9 aromatic rings. The zero-order chi connectivity index (χ0) is 41.0. The summed E-state index contributed by atoms with van der Waals surface area (Å²) < 4.78 is 1.43. The van der Waals surface area contributed by atoms with Crippen molar-refractivity contribution in [2.45, 2.75) is 6.42 Å². The molecule has 0 N–H and O–H groups in total. The van der Waals surface area contributed by atoms with Crippen LogP contribution in [-0.2, 0) is 20.4 Å². The van der Waals surface area contributed by atoms with Crippen LogP contribution in [0.1, 0.15) is 6.42 Å². The molecule has 0 fully saturated rings. The van der Waals surface area contributed by atoms with E-state index in [0.717, 1.165) is 6.42 Å². The summed E-state index contributed by atoms with van der Waals surface area (Å²) in [6, 6.07) is 88.0. The molecule has 0 amide bonds. The quantitative estimate of drug-likeness (QED) is 0.141. The van der Waals surface area contributed by atoms with Gasteiger partial charge in [-0.3, -0.25) is 0 Å². The Kier molecular flexibility index (Phi) is 15.1. The van der Waals surface area contributed by atoms with Crippen LogP contribution in [0.4, 0.5) is 0 Å². The molecule has 0 nitrogen and oxygen atoms in total. The molecule has 0 saturated heterocycles. The molecule has 308 valence electrons. The maximum atomic E-state index is 2.54. The molecule has 0 spiro atoms. The molecule has 1 aliphatic carbocycles. The van der Waals surface area contributed by atoms with Gasteiger partial charge in [-0.1, -0.05) is 0 Å². The third kappa shape index (κ3) is 9.25.